The maximum Gasteiger partial charge on any atom is 0.223 e. The van der Waals surface area contributed by atoms with Gasteiger partial charge < -0.3 is 5.32 Å². The van der Waals surface area contributed by atoms with Gasteiger partial charge in [-0.15, -0.1) is 0 Å². The van der Waals surface area contributed by atoms with Crippen molar-refractivity contribution in [3.05, 3.63) is 17.5 Å². The zero-order valence-electron chi connectivity index (χ0n) is 11.2. The summed E-state index contributed by atoms with van der Waals surface area (Å²) in [7, 11) is 0. The molecule has 2 atom stereocenters. The Bertz CT molecular complexity index is 355. The zero-order valence-corrected chi connectivity index (χ0v) is 11.2. The zero-order chi connectivity index (χ0) is 12.3. The lowest BCUT2D eigenvalue weighted by Crippen LogP contribution is -2.25. The van der Waals surface area contributed by atoms with Crippen LogP contribution >= 0.6 is 0 Å². The van der Waals surface area contributed by atoms with Crippen LogP contribution in [0.4, 0.5) is 5.95 Å². The monoisotopic (exact) mass is 233 g/mol. The first-order chi connectivity index (χ1) is 8.15. The molecule has 0 spiro atoms. The first-order valence-corrected chi connectivity index (χ1v) is 6.71. The molecule has 1 N–H and O–H groups in total. The summed E-state index contributed by atoms with van der Waals surface area (Å²) in [6.07, 6.45) is 5.50. The van der Waals surface area contributed by atoms with Gasteiger partial charge in [-0.1, -0.05) is 26.2 Å². The molecule has 3 nitrogen and oxygen atoms in total. The molecule has 17 heavy (non-hydrogen) atoms. The van der Waals surface area contributed by atoms with Crippen molar-refractivity contribution in [3.8, 4) is 0 Å². The van der Waals surface area contributed by atoms with Crippen LogP contribution in [0.15, 0.2) is 6.07 Å². The predicted molar refractivity (Wildman–Crippen MR) is 71.1 cm³/mol. The van der Waals surface area contributed by atoms with E-state index in [1.807, 2.05) is 19.9 Å². The molecule has 0 bridgehead atoms. The molecule has 1 heterocycles. The molecule has 0 saturated heterocycles. The summed E-state index contributed by atoms with van der Waals surface area (Å²) in [5, 5.41) is 3.40. The van der Waals surface area contributed by atoms with Crippen molar-refractivity contribution in [3.63, 3.8) is 0 Å². The summed E-state index contributed by atoms with van der Waals surface area (Å²) < 4.78 is 0. The molecule has 2 unspecified atom stereocenters. The molecule has 1 aliphatic carbocycles. The van der Waals surface area contributed by atoms with Crippen LogP contribution in [0.5, 0.6) is 0 Å². The molecular formula is C14H23N3. The van der Waals surface area contributed by atoms with Gasteiger partial charge in [-0.05, 0) is 38.2 Å². The van der Waals surface area contributed by atoms with E-state index in [1.165, 1.54) is 25.7 Å². The van der Waals surface area contributed by atoms with Gasteiger partial charge in [-0.3, -0.25) is 0 Å². The van der Waals surface area contributed by atoms with Gasteiger partial charge in [-0.2, -0.15) is 0 Å². The summed E-state index contributed by atoms with van der Waals surface area (Å²) in [6, 6.07) is 2.01. The molecule has 0 aromatic carbocycles. The predicted octanol–water partition coefficient (Wildman–Crippen LogP) is 3.33. The number of nitrogens with zero attached hydrogens (tertiary/aromatic N) is 2. The highest BCUT2D eigenvalue weighted by molar-refractivity contribution is 5.27. The van der Waals surface area contributed by atoms with Crippen molar-refractivity contribution >= 4 is 5.95 Å². The minimum atomic E-state index is 0.785. The highest BCUT2D eigenvalue weighted by Gasteiger charge is 2.21. The Hall–Kier alpha value is -1.12. The van der Waals surface area contributed by atoms with E-state index in [2.05, 4.69) is 22.2 Å². The van der Waals surface area contributed by atoms with Crippen molar-refractivity contribution < 1.29 is 0 Å². The quantitative estimate of drug-likeness (QED) is 0.870. The van der Waals surface area contributed by atoms with E-state index in [0.717, 1.165) is 35.7 Å². The Kier molecular flexibility index (Phi) is 3.97. The molecule has 1 aliphatic rings. The smallest absolute Gasteiger partial charge is 0.223 e. The molecule has 0 aliphatic heterocycles. The van der Waals surface area contributed by atoms with E-state index in [9.17, 15) is 0 Å². The molecular weight excluding hydrogens is 210 g/mol. The second-order valence-electron chi connectivity index (χ2n) is 5.38. The molecule has 0 amide bonds. The van der Waals surface area contributed by atoms with E-state index in [0.29, 0.717) is 0 Å². The maximum absolute atomic E-state index is 4.42. The number of aromatic nitrogens is 2. The Labute approximate surface area is 104 Å². The molecule has 0 radical (unpaired) electrons. The first-order valence-electron chi connectivity index (χ1n) is 6.71. The second-order valence-corrected chi connectivity index (χ2v) is 5.38. The van der Waals surface area contributed by atoms with Crippen molar-refractivity contribution in [1.29, 1.82) is 0 Å². The number of rotatable bonds is 3. The number of nitrogens with one attached hydrogen (secondary N) is 1. The van der Waals surface area contributed by atoms with Crippen LogP contribution in [-0.4, -0.2) is 16.5 Å². The number of hydrogen-bond donors (Lipinski definition) is 1. The lowest BCUT2D eigenvalue weighted by molar-refractivity contribution is 0.268. The normalized spacial score (nSPS) is 24.6. The summed E-state index contributed by atoms with van der Waals surface area (Å²) in [5.41, 5.74) is 2.08. The molecule has 1 aromatic rings. The average Bonchev–Trinajstić information content (AvgIpc) is 2.27. The van der Waals surface area contributed by atoms with Crippen molar-refractivity contribution in [2.45, 2.75) is 46.5 Å². The summed E-state index contributed by atoms with van der Waals surface area (Å²) in [4.78, 5) is 8.84. The second kappa shape index (κ2) is 5.48. The van der Waals surface area contributed by atoms with Crippen molar-refractivity contribution in [1.82, 2.24) is 9.97 Å². The van der Waals surface area contributed by atoms with Gasteiger partial charge in [-0.25, -0.2) is 9.97 Å². The summed E-state index contributed by atoms with van der Waals surface area (Å²) in [6.45, 7) is 7.42. The molecule has 1 fully saturated rings. The van der Waals surface area contributed by atoms with Gasteiger partial charge in [0.1, 0.15) is 0 Å². The highest BCUT2D eigenvalue weighted by Crippen LogP contribution is 2.29. The fraction of sp³-hybridized carbons (Fsp3) is 0.714. The van der Waals surface area contributed by atoms with Gasteiger partial charge in [0.05, 0.1) is 0 Å². The van der Waals surface area contributed by atoms with Gasteiger partial charge in [0.25, 0.3) is 0 Å². The molecule has 1 aromatic heterocycles. The highest BCUT2D eigenvalue weighted by atomic mass is 15.1. The van der Waals surface area contributed by atoms with Crippen molar-refractivity contribution in [2.75, 3.05) is 11.9 Å². The number of aryl methyl sites for hydroxylation is 2. The third-order valence-corrected chi connectivity index (χ3v) is 3.79. The van der Waals surface area contributed by atoms with Crippen LogP contribution in [0.2, 0.25) is 0 Å². The number of anilines is 1. The fourth-order valence-corrected chi connectivity index (χ4v) is 2.72. The summed E-state index contributed by atoms with van der Waals surface area (Å²) in [5.74, 6) is 2.41. The Morgan fingerprint density at radius 1 is 1.18 bits per heavy atom. The standard InChI is InChI=1S/C14H23N3/c1-10-6-4-5-7-13(10)9-15-14-16-11(2)8-12(3)17-14/h8,10,13H,4-7,9H2,1-3H3,(H,15,16,17). The van der Waals surface area contributed by atoms with E-state index in [1.54, 1.807) is 0 Å². The van der Waals surface area contributed by atoms with Gasteiger partial charge >= 0.3 is 0 Å². The molecule has 94 valence electrons. The Balaban J connectivity index is 1.92. The fourth-order valence-electron chi connectivity index (χ4n) is 2.72. The third-order valence-electron chi connectivity index (χ3n) is 3.79. The SMILES string of the molecule is Cc1cc(C)nc(NCC2CCCCC2C)n1. The van der Waals surface area contributed by atoms with Crippen LogP contribution in [-0.2, 0) is 0 Å². The number of hydrogen-bond acceptors (Lipinski definition) is 3. The molecule has 1 saturated carbocycles. The lowest BCUT2D eigenvalue weighted by Gasteiger charge is -2.28. The lowest BCUT2D eigenvalue weighted by atomic mass is 9.80. The largest absolute Gasteiger partial charge is 0.354 e. The van der Waals surface area contributed by atoms with Crippen LogP contribution in [0.3, 0.4) is 0 Å². The van der Waals surface area contributed by atoms with E-state index < -0.39 is 0 Å². The summed E-state index contributed by atoms with van der Waals surface area (Å²) >= 11 is 0. The minimum absolute atomic E-state index is 0.785. The van der Waals surface area contributed by atoms with E-state index >= 15 is 0 Å². The Morgan fingerprint density at radius 2 is 1.82 bits per heavy atom. The minimum Gasteiger partial charge on any atom is -0.354 e. The topological polar surface area (TPSA) is 37.8 Å². The molecule has 2 rings (SSSR count). The van der Waals surface area contributed by atoms with Crippen LogP contribution in [0, 0.1) is 25.7 Å². The Morgan fingerprint density at radius 3 is 2.47 bits per heavy atom. The van der Waals surface area contributed by atoms with Crippen LogP contribution < -0.4 is 5.32 Å². The van der Waals surface area contributed by atoms with E-state index in [-0.39, 0.29) is 0 Å². The third kappa shape index (κ3) is 3.42. The van der Waals surface area contributed by atoms with E-state index in [4.69, 9.17) is 0 Å². The van der Waals surface area contributed by atoms with Gasteiger partial charge in [0.15, 0.2) is 0 Å². The van der Waals surface area contributed by atoms with Crippen LogP contribution in [0.1, 0.15) is 44.0 Å². The average molecular weight is 233 g/mol. The maximum atomic E-state index is 4.42. The van der Waals surface area contributed by atoms with Gasteiger partial charge in [0.2, 0.25) is 5.95 Å². The first kappa shape index (κ1) is 12.3. The van der Waals surface area contributed by atoms with Crippen LogP contribution in [0.25, 0.3) is 0 Å². The molecule has 3 heteroatoms. The van der Waals surface area contributed by atoms with Gasteiger partial charge in [0, 0.05) is 17.9 Å². The van der Waals surface area contributed by atoms with Crippen molar-refractivity contribution in [2.24, 2.45) is 11.8 Å².